The van der Waals surface area contributed by atoms with Gasteiger partial charge in [0.25, 0.3) is 0 Å². The van der Waals surface area contributed by atoms with Crippen LogP contribution >= 0.6 is 0 Å². The molecule has 0 aliphatic heterocycles. The Morgan fingerprint density at radius 3 is 2.56 bits per heavy atom. The Labute approximate surface area is 94.7 Å². The van der Waals surface area contributed by atoms with Crippen molar-refractivity contribution in [2.45, 2.75) is 6.92 Å². The first kappa shape index (κ1) is 12.0. The molecule has 0 bridgehead atoms. The van der Waals surface area contributed by atoms with E-state index in [0.29, 0.717) is 5.76 Å². The number of hydrogen-bond donors (Lipinski definition) is 1. The summed E-state index contributed by atoms with van der Waals surface area (Å²) in [6, 6.07) is 9.16. The molecule has 0 spiro atoms. The number of ether oxygens (including phenoxy) is 1. The van der Waals surface area contributed by atoms with Gasteiger partial charge in [0.1, 0.15) is 12.4 Å². The minimum atomic E-state index is -0.983. The quantitative estimate of drug-likeness (QED) is 0.469. The normalized spacial score (nSPS) is 11.6. The number of hydrogen-bond acceptors (Lipinski definition) is 2. The average molecular weight is 218 g/mol. The lowest BCUT2D eigenvalue weighted by molar-refractivity contribution is -0.132. The summed E-state index contributed by atoms with van der Waals surface area (Å²) < 4.78 is 5.38. The molecule has 0 saturated carbocycles. The fraction of sp³-hybridized carbons (Fsp3) is 0.154. The molecule has 0 radical (unpaired) electrons. The van der Waals surface area contributed by atoms with E-state index in [4.69, 9.17) is 9.84 Å². The Bertz CT molecular complexity index is 404. The second-order valence-electron chi connectivity index (χ2n) is 3.22. The van der Waals surface area contributed by atoms with Crippen molar-refractivity contribution in [3.8, 4) is 0 Å². The van der Waals surface area contributed by atoms with Gasteiger partial charge < -0.3 is 9.84 Å². The standard InChI is InChI=1S/C13H14O3/c1-3-9-16-12(10(2)13(14)15)11-7-5-4-6-8-11/h3-8H,1,9H2,2H3,(H,14,15). The van der Waals surface area contributed by atoms with Gasteiger partial charge in [0.2, 0.25) is 0 Å². The highest BCUT2D eigenvalue weighted by Gasteiger charge is 2.12. The summed E-state index contributed by atoms with van der Waals surface area (Å²) in [4.78, 5) is 10.9. The third-order valence-corrected chi connectivity index (χ3v) is 2.04. The lowest BCUT2D eigenvalue weighted by Gasteiger charge is -2.10. The first-order chi connectivity index (χ1) is 7.66. The van der Waals surface area contributed by atoms with Gasteiger partial charge >= 0.3 is 5.97 Å². The van der Waals surface area contributed by atoms with Crippen LogP contribution in [0.15, 0.2) is 48.6 Å². The zero-order valence-electron chi connectivity index (χ0n) is 9.14. The van der Waals surface area contributed by atoms with E-state index in [-0.39, 0.29) is 12.2 Å². The van der Waals surface area contributed by atoms with Crippen LogP contribution < -0.4 is 0 Å². The first-order valence-corrected chi connectivity index (χ1v) is 4.90. The Kier molecular flexibility index (Phi) is 4.33. The van der Waals surface area contributed by atoms with Gasteiger partial charge in [0, 0.05) is 5.56 Å². The third-order valence-electron chi connectivity index (χ3n) is 2.04. The van der Waals surface area contributed by atoms with Gasteiger partial charge in [0.05, 0.1) is 5.57 Å². The molecule has 84 valence electrons. The van der Waals surface area contributed by atoms with E-state index < -0.39 is 5.97 Å². The number of aliphatic carboxylic acids is 1. The molecule has 3 heteroatoms. The highest BCUT2D eigenvalue weighted by atomic mass is 16.5. The maximum Gasteiger partial charge on any atom is 0.335 e. The summed E-state index contributed by atoms with van der Waals surface area (Å²) in [5, 5.41) is 8.95. The van der Waals surface area contributed by atoms with Crippen molar-refractivity contribution in [1.29, 1.82) is 0 Å². The zero-order valence-corrected chi connectivity index (χ0v) is 9.14. The van der Waals surface area contributed by atoms with Crippen LogP contribution in [0.25, 0.3) is 5.76 Å². The van der Waals surface area contributed by atoms with Gasteiger partial charge in [-0.25, -0.2) is 4.79 Å². The molecule has 1 rings (SSSR count). The van der Waals surface area contributed by atoms with Crippen molar-refractivity contribution in [2.24, 2.45) is 0 Å². The van der Waals surface area contributed by atoms with Crippen LogP contribution in [0.3, 0.4) is 0 Å². The molecule has 0 fully saturated rings. The second-order valence-corrected chi connectivity index (χ2v) is 3.22. The Morgan fingerprint density at radius 1 is 1.44 bits per heavy atom. The van der Waals surface area contributed by atoms with Gasteiger partial charge in [-0.3, -0.25) is 0 Å². The zero-order chi connectivity index (χ0) is 12.0. The molecule has 1 aromatic carbocycles. The molecule has 0 aliphatic rings. The summed E-state index contributed by atoms with van der Waals surface area (Å²) in [5.41, 5.74) is 0.942. The third kappa shape index (κ3) is 2.98. The molecule has 1 aromatic rings. The van der Waals surface area contributed by atoms with E-state index in [0.717, 1.165) is 5.56 Å². The average Bonchev–Trinajstić information content (AvgIpc) is 2.30. The van der Waals surface area contributed by atoms with Crippen molar-refractivity contribution < 1.29 is 14.6 Å². The van der Waals surface area contributed by atoms with E-state index in [1.807, 2.05) is 30.3 Å². The number of carboxylic acids is 1. The fourth-order valence-electron chi connectivity index (χ4n) is 1.24. The topological polar surface area (TPSA) is 46.5 Å². The van der Waals surface area contributed by atoms with E-state index in [1.54, 1.807) is 6.08 Å². The van der Waals surface area contributed by atoms with Crippen LogP contribution in [0.2, 0.25) is 0 Å². The van der Waals surface area contributed by atoms with Crippen molar-refractivity contribution >= 4 is 11.7 Å². The lowest BCUT2D eigenvalue weighted by atomic mass is 10.1. The van der Waals surface area contributed by atoms with Crippen LogP contribution in [0.5, 0.6) is 0 Å². The molecule has 0 aromatic heterocycles. The van der Waals surface area contributed by atoms with Gasteiger partial charge in [0.15, 0.2) is 0 Å². The molecular weight excluding hydrogens is 204 g/mol. The minimum Gasteiger partial charge on any atom is -0.488 e. The van der Waals surface area contributed by atoms with Crippen molar-refractivity contribution in [3.05, 3.63) is 54.1 Å². The van der Waals surface area contributed by atoms with Gasteiger partial charge in [-0.1, -0.05) is 43.0 Å². The number of carbonyl (C=O) groups is 1. The predicted molar refractivity (Wildman–Crippen MR) is 62.8 cm³/mol. The SMILES string of the molecule is C=CCOC(=C(C)C(=O)O)c1ccccc1. The van der Waals surface area contributed by atoms with Crippen molar-refractivity contribution in [2.75, 3.05) is 6.61 Å². The lowest BCUT2D eigenvalue weighted by Crippen LogP contribution is -2.04. The smallest absolute Gasteiger partial charge is 0.335 e. The maximum absolute atomic E-state index is 10.9. The predicted octanol–water partition coefficient (Wildman–Crippen LogP) is 2.70. The van der Waals surface area contributed by atoms with Crippen molar-refractivity contribution in [1.82, 2.24) is 0 Å². The van der Waals surface area contributed by atoms with Gasteiger partial charge in [-0.15, -0.1) is 0 Å². The molecule has 0 heterocycles. The number of carboxylic acid groups (broad SMARTS) is 1. The monoisotopic (exact) mass is 218 g/mol. The van der Waals surface area contributed by atoms with Crippen LogP contribution in [0.4, 0.5) is 0 Å². The van der Waals surface area contributed by atoms with Gasteiger partial charge in [-0.2, -0.15) is 0 Å². The van der Waals surface area contributed by atoms with E-state index in [9.17, 15) is 4.79 Å². The minimum absolute atomic E-state index is 0.188. The van der Waals surface area contributed by atoms with E-state index >= 15 is 0 Å². The maximum atomic E-state index is 10.9. The highest BCUT2D eigenvalue weighted by molar-refractivity contribution is 5.94. The summed E-state index contributed by atoms with van der Waals surface area (Å²) in [6.45, 7) is 5.34. The summed E-state index contributed by atoms with van der Waals surface area (Å²) in [5.74, 6) is -0.601. The fourth-order valence-corrected chi connectivity index (χ4v) is 1.24. The first-order valence-electron chi connectivity index (χ1n) is 4.90. The van der Waals surface area contributed by atoms with Crippen LogP contribution in [0.1, 0.15) is 12.5 Å². The molecule has 16 heavy (non-hydrogen) atoms. The second kappa shape index (κ2) is 5.75. The summed E-state index contributed by atoms with van der Waals surface area (Å²) in [7, 11) is 0. The Morgan fingerprint density at radius 2 is 2.06 bits per heavy atom. The van der Waals surface area contributed by atoms with E-state index in [2.05, 4.69) is 6.58 Å². The van der Waals surface area contributed by atoms with E-state index in [1.165, 1.54) is 6.92 Å². The highest BCUT2D eigenvalue weighted by Crippen LogP contribution is 2.20. The summed E-state index contributed by atoms with van der Waals surface area (Å²) >= 11 is 0. The molecule has 0 unspecified atom stereocenters. The molecule has 3 nitrogen and oxygen atoms in total. The summed E-state index contributed by atoms with van der Waals surface area (Å²) in [6.07, 6.45) is 1.58. The molecule has 1 N–H and O–H groups in total. The van der Waals surface area contributed by atoms with Crippen LogP contribution in [-0.4, -0.2) is 17.7 Å². The Hall–Kier alpha value is -2.03. The van der Waals surface area contributed by atoms with Crippen LogP contribution in [-0.2, 0) is 9.53 Å². The molecule has 0 atom stereocenters. The molecular formula is C13H14O3. The molecule has 0 amide bonds. The molecule has 0 aliphatic carbocycles. The van der Waals surface area contributed by atoms with Gasteiger partial charge in [-0.05, 0) is 6.92 Å². The number of benzene rings is 1. The molecule has 0 saturated heterocycles. The van der Waals surface area contributed by atoms with Crippen molar-refractivity contribution in [3.63, 3.8) is 0 Å². The van der Waals surface area contributed by atoms with Crippen LogP contribution in [0, 0.1) is 0 Å². The Balaban J connectivity index is 3.10. The largest absolute Gasteiger partial charge is 0.488 e. The number of rotatable bonds is 5.